The van der Waals surface area contributed by atoms with E-state index in [2.05, 4.69) is 15.0 Å². The zero-order valence-electron chi connectivity index (χ0n) is 14.5. The van der Waals surface area contributed by atoms with Gasteiger partial charge in [0.1, 0.15) is 5.69 Å². The molecule has 0 saturated carbocycles. The van der Waals surface area contributed by atoms with Crippen LogP contribution in [0.5, 0.6) is 0 Å². The van der Waals surface area contributed by atoms with Crippen LogP contribution >= 0.6 is 0 Å². The fraction of sp³-hybridized carbons (Fsp3) is 0.353. The average molecular weight is 333 g/mol. The quantitative estimate of drug-likeness (QED) is 0.884. The Morgan fingerprint density at radius 2 is 1.54 bits per heavy atom. The van der Waals surface area contributed by atoms with Gasteiger partial charge in [0.05, 0.1) is 11.9 Å². The first-order valence-corrected chi connectivity index (χ1v) is 7.53. The summed E-state index contributed by atoms with van der Waals surface area (Å²) in [6.45, 7) is 9.64. The summed E-state index contributed by atoms with van der Waals surface area (Å²) in [7, 11) is 0. The SMILES string of the molecule is CC.CC(C)c1cncc(C(=O)O)n1.Cc1cccc(C(=O)O)n1. The molecule has 7 nitrogen and oxygen atoms in total. The van der Waals surface area contributed by atoms with Crippen LogP contribution in [0.25, 0.3) is 0 Å². The van der Waals surface area contributed by atoms with E-state index < -0.39 is 11.9 Å². The van der Waals surface area contributed by atoms with E-state index in [-0.39, 0.29) is 17.3 Å². The molecule has 0 spiro atoms. The van der Waals surface area contributed by atoms with Crippen LogP contribution in [0, 0.1) is 6.92 Å². The molecule has 0 aliphatic rings. The summed E-state index contributed by atoms with van der Waals surface area (Å²) in [6, 6.07) is 4.90. The maximum atomic E-state index is 10.5. The largest absolute Gasteiger partial charge is 0.477 e. The Morgan fingerprint density at radius 1 is 0.958 bits per heavy atom. The summed E-state index contributed by atoms with van der Waals surface area (Å²) in [6.07, 6.45) is 2.82. The molecule has 0 aromatic carbocycles. The molecule has 2 N–H and O–H groups in total. The molecule has 0 radical (unpaired) electrons. The highest BCUT2D eigenvalue weighted by Crippen LogP contribution is 2.09. The zero-order valence-corrected chi connectivity index (χ0v) is 14.5. The molecule has 2 aromatic heterocycles. The first-order valence-electron chi connectivity index (χ1n) is 7.53. The predicted octanol–water partition coefficient (Wildman–Crippen LogP) is 3.41. The van der Waals surface area contributed by atoms with Gasteiger partial charge in [-0.3, -0.25) is 4.98 Å². The molecule has 0 aliphatic heterocycles. The van der Waals surface area contributed by atoms with Gasteiger partial charge in [-0.15, -0.1) is 0 Å². The monoisotopic (exact) mass is 333 g/mol. The first-order chi connectivity index (χ1) is 11.3. The van der Waals surface area contributed by atoms with Crippen LogP contribution in [0.4, 0.5) is 0 Å². The standard InChI is InChI=1S/C8H10N2O2.C7H7NO2.C2H6/c1-5(2)6-3-9-4-7(10-6)8(11)12;1-5-3-2-4-6(8-5)7(9)10;1-2/h3-5H,1-2H3,(H,11,12);2-4H,1H3,(H,9,10);1-2H3. The van der Waals surface area contributed by atoms with Crippen molar-refractivity contribution in [2.75, 3.05) is 0 Å². The Morgan fingerprint density at radius 3 is 1.96 bits per heavy atom. The van der Waals surface area contributed by atoms with Crippen molar-refractivity contribution in [2.24, 2.45) is 0 Å². The average Bonchev–Trinajstić information content (AvgIpc) is 2.57. The second kappa shape index (κ2) is 10.8. The molecular formula is C17H23N3O4. The minimum Gasteiger partial charge on any atom is -0.477 e. The van der Waals surface area contributed by atoms with Crippen molar-refractivity contribution in [3.8, 4) is 0 Å². The fourth-order valence-electron chi connectivity index (χ4n) is 1.42. The minimum atomic E-state index is -1.04. The van der Waals surface area contributed by atoms with Crippen LogP contribution in [-0.4, -0.2) is 37.1 Å². The topological polar surface area (TPSA) is 113 Å². The number of aromatic carboxylic acids is 2. The Labute approximate surface area is 141 Å². The van der Waals surface area contributed by atoms with Crippen LogP contribution in [0.1, 0.15) is 66.0 Å². The summed E-state index contributed by atoms with van der Waals surface area (Å²) in [5.74, 6) is -1.81. The van der Waals surface area contributed by atoms with Gasteiger partial charge in [0.25, 0.3) is 0 Å². The van der Waals surface area contributed by atoms with Crippen LogP contribution in [0.3, 0.4) is 0 Å². The molecular weight excluding hydrogens is 310 g/mol. The molecule has 0 aliphatic carbocycles. The lowest BCUT2D eigenvalue weighted by atomic mass is 10.1. The van der Waals surface area contributed by atoms with Crippen LogP contribution < -0.4 is 0 Å². The number of hydrogen-bond acceptors (Lipinski definition) is 5. The lowest BCUT2D eigenvalue weighted by molar-refractivity contribution is 0.0679. The van der Waals surface area contributed by atoms with E-state index in [4.69, 9.17) is 10.2 Å². The number of nitrogens with zero attached hydrogens (tertiary/aromatic N) is 3. The third-order valence-corrected chi connectivity index (χ3v) is 2.57. The molecule has 7 heteroatoms. The molecule has 2 rings (SSSR count). The number of hydrogen-bond donors (Lipinski definition) is 2. The third-order valence-electron chi connectivity index (χ3n) is 2.57. The first kappa shape index (κ1) is 21.2. The van der Waals surface area contributed by atoms with Crippen LogP contribution in [-0.2, 0) is 0 Å². The predicted molar refractivity (Wildman–Crippen MR) is 90.4 cm³/mol. The van der Waals surface area contributed by atoms with Crippen molar-refractivity contribution in [3.63, 3.8) is 0 Å². The summed E-state index contributed by atoms with van der Waals surface area (Å²) in [4.78, 5) is 32.2. The Hall–Kier alpha value is -2.83. The van der Waals surface area contributed by atoms with Crippen molar-refractivity contribution in [2.45, 2.75) is 40.5 Å². The van der Waals surface area contributed by atoms with E-state index in [1.165, 1.54) is 12.3 Å². The molecule has 0 amide bonds. The highest BCUT2D eigenvalue weighted by Gasteiger charge is 2.07. The lowest BCUT2D eigenvalue weighted by Gasteiger charge is -2.02. The summed E-state index contributed by atoms with van der Waals surface area (Å²) >= 11 is 0. The smallest absolute Gasteiger partial charge is 0.356 e. The third kappa shape index (κ3) is 7.44. The van der Waals surface area contributed by atoms with Gasteiger partial charge in [-0.05, 0) is 25.0 Å². The van der Waals surface area contributed by atoms with Crippen molar-refractivity contribution >= 4 is 11.9 Å². The van der Waals surface area contributed by atoms with Gasteiger partial charge in [0, 0.05) is 11.9 Å². The maximum absolute atomic E-state index is 10.5. The van der Waals surface area contributed by atoms with E-state index in [0.717, 1.165) is 5.69 Å². The number of aromatic nitrogens is 3. The van der Waals surface area contributed by atoms with E-state index in [9.17, 15) is 9.59 Å². The summed E-state index contributed by atoms with van der Waals surface area (Å²) in [5.41, 5.74) is 1.52. The van der Waals surface area contributed by atoms with Gasteiger partial charge in [0.15, 0.2) is 5.69 Å². The molecule has 0 bridgehead atoms. The molecule has 130 valence electrons. The van der Waals surface area contributed by atoms with Gasteiger partial charge >= 0.3 is 11.9 Å². The van der Waals surface area contributed by atoms with E-state index in [0.29, 0.717) is 5.69 Å². The number of rotatable bonds is 3. The maximum Gasteiger partial charge on any atom is 0.356 e. The lowest BCUT2D eigenvalue weighted by Crippen LogP contribution is -2.04. The second-order valence-electron chi connectivity index (χ2n) is 4.76. The Kier molecular flexibility index (Phi) is 9.55. The molecule has 24 heavy (non-hydrogen) atoms. The van der Waals surface area contributed by atoms with Crippen molar-refractivity contribution < 1.29 is 19.8 Å². The normalized spacial score (nSPS) is 9.25. The number of carbonyl (C=O) groups is 2. The molecule has 0 fully saturated rings. The number of carboxylic acids is 2. The van der Waals surface area contributed by atoms with Crippen LogP contribution in [0.2, 0.25) is 0 Å². The van der Waals surface area contributed by atoms with E-state index >= 15 is 0 Å². The molecule has 0 unspecified atom stereocenters. The van der Waals surface area contributed by atoms with Crippen molar-refractivity contribution in [1.29, 1.82) is 0 Å². The Balaban J connectivity index is 0.000000405. The zero-order chi connectivity index (χ0) is 18.7. The van der Waals surface area contributed by atoms with Crippen molar-refractivity contribution in [3.05, 3.63) is 53.4 Å². The highest BCUT2D eigenvalue weighted by molar-refractivity contribution is 5.85. The molecule has 2 aromatic rings. The van der Waals surface area contributed by atoms with E-state index in [1.807, 2.05) is 27.7 Å². The second-order valence-corrected chi connectivity index (χ2v) is 4.76. The van der Waals surface area contributed by atoms with Crippen molar-refractivity contribution in [1.82, 2.24) is 15.0 Å². The highest BCUT2D eigenvalue weighted by atomic mass is 16.4. The summed E-state index contributed by atoms with van der Waals surface area (Å²) < 4.78 is 0. The molecule has 0 atom stereocenters. The van der Waals surface area contributed by atoms with Crippen LogP contribution in [0.15, 0.2) is 30.6 Å². The van der Waals surface area contributed by atoms with Gasteiger partial charge in [0.2, 0.25) is 0 Å². The fourth-order valence-corrected chi connectivity index (χ4v) is 1.42. The minimum absolute atomic E-state index is 0.00111. The van der Waals surface area contributed by atoms with Gasteiger partial charge in [-0.2, -0.15) is 0 Å². The molecule has 0 saturated heterocycles. The van der Waals surface area contributed by atoms with E-state index in [1.54, 1.807) is 25.3 Å². The van der Waals surface area contributed by atoms with Gasteiger partial charge in [-0.1, -0.05) is 33.8 Å². The van der Waals surface area contributed by atoms with Gasteiger partial charge < -0.3 is 10.2 Å². The number of carboxylic acid groups (broad SMARTS) is 2. The Bertz CT molecular complexity index is 672. The van der Waals surface area contributed by atoms with Gasteiger partial charge in [-0.25, -0.2) is 19.6 Å². The molecule has 2 heterocycles. The summed E-state index contributed by atoms with van der Waals surface area (Å²) in [5, 5.41) is 17.0. The number of pyridine rings is 1. The number of aryl methyl sites for hydroxylation is 1.